The molecule has 0 amide bonds. The second-order valence-corrected chi connectivity index (χ2v) is 18.2. The summed E-state index contributed by atoms with van der Waals surface area (Å²) in [6.07, 6.45) is 0. The molecule has 7 nitrogen and oxygen atoms in total. The average molecular weight is 932 g/mol. The topological polar surface area (TPSA) is 57.2 Å². The molecule has 0 N–H and O–H groups in total. The van der Waals surface area contributed by atoms with Crippen LogP contribution in [0.25, 0.3) is 132 Å². The van der Waals surface area contributed by atoms with E-state index in [2.05, 4.69) is 159 Å². The first kappa shape index (κ1) is 42.9. The Labute approximate surface area is 421 Å². The normalized spacial score (nSPS) is 11.3. The van der Waals surface area contributed by atoms with E-state index in [1.807, 2.05) is 97.1 Å². The van der Waals surface area contributed by atoms with Gasteiger partial charge in [-0.3, -0.25) is 0 Å². The molecular formula is C66H41N7. The quantitative estimate of drug-likeness (QED) is 0.143. The minimum absolute atomic E-state index is 0.566. The van der Waals surface area contributed by atoms with Gasteiger partial charge in [-0.05, 0) is 108 Å². The number of hydrogen-bond donors (Lipinski definition) is 0. The van der Waals surface area contributed by atoms with Gasteiger partial charge in [0.05, 0.1) is 46.6 Å². The first-order valence-corrected chi connectivity index (χ1v) is 24.2. The van der Waals surface area contributed by atoms with Gasteiger partial charge >= 0.3 is 0 Å². The Kier molecular flexibility index (Phi) is 10.4. The zero-order chi connectivity index (χ0) is 49.0. The van der Waals surface area contributed by atoms with E-state index < -0.39 is 0 Å². The molecule has 3 aromatic heterocycles. The van der Waals surface area contributed by atoms with Gasteiger partial charge < -0.3 is 9.13 Å². The summed E-state index contributed by atoms with van der Waals surface area (Å²) in [7, 11) is 0. The minimum atomic E-state index is 0.566. The molecule has 0 bridgehead atoms. The third-order valence-corrected chi connectivity index (χ3v) is 13.9. The summed E-state index contributed by atoms with van der Waals surface area (Å²) in [4.78, 5) is 23.0. The molecule has 13 rings (SSSR count). The van der Waals surface area contributed by atoms with Gasteiger partial charge in [0.25, 0.3) is 0 Å². The van der Waals surface area contributed by atoms with Crippen molar-refractivity contribution < 1.29 is 0 Å². The van der Waals surface area contributed by atoms with Gasteiger partial charge in [0.1, 0.15) is 0 Å². The van der Waals surface area contributed by atoms with Gasteiger partial charge in [-0.15, -0.1) is 0 Å². The standard InChI is InChI=1S/C66H41N7/c1-42-17-14-30-62(73-58-29-13-11-27-53(58)55-40-48(32-35-60(55)73)46-23-16-25-51(38-46)68-3)63(42)56-41-49(66-70-64(43-18-6-4-7-19-43)69-65(71-66)44-20-8-5-9-21-44)33-36-61(56)72-57-28-12-10-26-52(57)54-39-47(31-34-59(54)72)45-22-15-24-50(37-45)67-2/h4-41H,1H3. The van der Waals surface area contributed by atoms with E-state index in [1.165, 1.54) is 0 Å². The molecule has 0 aliphatic rings. The fourth-order valence-electron chi connectivity index (χ4n) is 10.5. The van der Waals surface area contributed by atoms with Gasteiger partial charge in [-0.25, -0.2) is 24.6 Å². The van der Waals surface area contributed by atoms with Crippen molar-refractivity contribution in [3.63, 3.8) is 0 Å². The third kappa shape index (κ3) is 7.40. The Balaban J connectivity index is 1.09. The Morgan fingerprint density at radius 2 is 0.753 bits per heavy atom. The van der Waals surface area contributed by atoms with Crippen LogP contribution in [0.5, 0.6) is 0 Å². The molecule has 0 spiro atoms. The zero-order valence-electron chi connectivity index (χ0n) is 39.6. The summed E-state index contributed by atoms with van der Waals surface area (Å²) in [6, 6.07) is 79.6. The number of benzene rings is 10. The van der Waals surface area contributed by atoms with Crippen molar-refractivity contribution in [2.45, 2.75) is 6.92 Å². The van der Waals surface area contributed by atoms with Crippen LogP contribution in [-0.2, 0) is 0 Å². The Morgan fingerprint density at radius 1 is 0.329 bits per heavy atom. The van der Waals surface area contributed by atoms with Crippen LogP contribution in [0.15, 0.2) is 231 Å². The van der Waals surface area contributed by atoms with Crippen LogP contribution in [0, 0.1) is 20.1 Å². The maximum Gasteiger partial charge on any atom is 0.187 e. The Bertz CT molecular complexity index is 4360. The van der Waals surface area contributed by atoms with Crippen molar-refractivity contribution in [3.05, 3.63) is 259 Å². The van der Waals surface area contributed by atoms with Crippen molar-refractivity contribution in [2.75, 3.05) is 0 Å². The highest BCUT2D eigenvalue weighted by atomic mass is 15.0. The maximum absolute atomic E-state index is 7.71. The lowest BCUT2D eigenvalue weighted by Crippen LogP contribution is -2.04. The molecule has 7 heteroatoms. The smallest absolute Gasteiger partial charge is 0.187 e. The lowest BCUT2D eigenvalue weighted by molar-refractivity contribution is 1.07. The Morgan fingerprint density at radius 3 is 1.29 bits per heavy atom. The molecule has 0 fully saturated rings. The van der Waals surface area contributed by atoms with Crippen LogP contribution in [0.4, 0.5) is 11.4 Å². The van der Waals surface area contributed by atoms with E-state index in [4.69, 9.17) is 28.1 Å². The van der Waals surface area contributed by atoms with Crippen molar-refractivity contribution in [3.8, 4) is 78.9 Å². The number of fused-ring (bicyclic) bond motifs is 6. The van der Waals surface area contributed by atoms with E-state index in [0.29, 0.717) is 28.8 Å². The Hall–Kier alpha value is -10.2. The van der Waals surface area contributed by atoms with Gasteiger partial charge in [-0.2, -0.15) is 0 Å². The second-order valence-electron chi connectivity index (χ2n) is 18.2. The molecule has 73 heavy (non-hydrogen) atoms. The van der Waals surface area contributed by atoms with E-state index in [1.54, 1.807) is 0 Å². The zero-order valence-corrected chi connectivity index (χ0v) is 39.6. The lowest BCUT2D eigenvalue weighted by Gasteiger charge is -2.21. The molecule has 0 saturated carbocycles. The highest BCUT2D eigenvalue weighted by Gasteiger charge is 2.24. The molecule has 0 saturated heterocycles. The van der Waals surface area contributed by atoms with Gasteiger partial charge in [0.15, 0.2) is 28.8 Å². The van der Waals surface area contributed by atoms with E-state index in [0.717, 1.165) is 111 Å². The monoisotopic (exact) mass is 931 g/mol. The van der Waals surface area contributed by atoms with Crippen molar-refractivity contribution >= 4 is 55.0 Å². The van der Waals surface area contributed by atoms with Crippen LogP contribution in [0.2, 0.25) is 0 Å². The lowest BCUT2D eigenvalue weighted by atomic mass is 9.94. The molecule has 340 valence electrons. The SMILES string of the molecule is [C-]#[N+]c1cccc(-c2ccc3c(c2)c2ccccc2n3-c2ccc(-c3nc(-c4ccccc4)nc(-c4ccccc4)n3)cc2-c2c(C)cccc2-n2c3ccccc3c3cc(-c4cccc([N+]#[C-])c4)ccc32)c1. The van der Waals surface area contributed by atoms with Crippen molar-refractivity contribution in [2.24, 2.45) is 0 Å². The first-order valence-electron chi connectivity index (χ1n) is 24.2. The van der Waals surface area contributed by atoms with Crippen molar-refractivity contribution in [1.82, 2.24) is 24.1 Å². The molecule has 3 heterocycles. The summed E-state index contributed by atoms with van der Waals surface area (Å²) >= 11 is 0. The van der Waals surface area contributed by atoms with E-state index in [-0.39, 0.29) is 0 Å². The summed E-state index contributed by atoms with van der Waals surface area (Å²) in [5, 5.41) is 4.49. The number of rotatable bonds is 8. The second kappa shape index (κ2) is 17.6. The van der Waals surface area contributed by atoms with Crippen LogP contribution >= 0.6 is 0 Å². The summed E-state index contributed by atoms with van der Waals surface area (Å²) in [6.45, 7) is 17.6. The molecule has 13 aromatic rings. The molecule has 0 unspecified atom stereocenters. The minimum Gasteiger partial charge on any atom is -0.309 e. The van der Waals surface area contributed by atoms with Gasteiger partial charge in [0.2, 0.25) is 0 Å². The summed E-state index contributed by atoms with van der Waals surface area (Å²) in [5.74, 6) is 1.75. The highest BCUT2D eigenvalue weighted by Crippen LogP contribution is 2.45. The first-order chi connectivity index (χ1) is 36.0. The van der Waals surface area contributed by atoms with Crippen LogP contribution in [0.3, 0.4) is 0 Å². The maximum atomic E-state index is 7.71. The van der Waals surface area contributed by atoms with Gasteiger partial charge in [0, 0.05) is 49.4 Å². The fourth-order valence-corrected chi connectivity index (χ4v) is 10.5. The molecule has 0 aliphatic heterocycles. The summed E-state index contributed by atoms with van der Waals surface area (Å²) < 4.78 is 4.80. The van der Waals surface area contributed by atoms with Crippen LogP contribution < -0.4 is 0 Å². The molecule has 0 aliphatic carbocycles. The summed E-state index contributed by atoms with van der Waals surface area (Å²) in [5.41, 5.74) is 17.4. The largest absolute Gasteiger partial charge is 0.309 e. The number of aromatic nitrogens is 5. The number of nitrogens with zero attached hydrogens (tertiary/aromatic N) is 7. The highest BCUT2D eigenvalue weighted by molar-refractivity contribution is 6.13. The van der Waals surface area contributed by atoms with Crippen LogP contribution in [-0.4, -0.2) is 24.1 Å². The number of para-hydroxylation sites is 2. The average Bonchev–Trinajstić information content (AvgIpc) is 3.97. The van der Waals surface area contributed by atoms with E-state index >= 15 is 0 Å². The predicted molar refractivity (Wildman–Crippen MR) is 298 cm³/mol. The van der Waals surface area contributed by atoms with E-state index in [9.17, 15) is 0 Å². The number of hydrogen-bond acceptors (Lipinski definition) is 3. The predicted octanol–water partition coefficient (Wildman–Crippen LogP) is 17.5. The van der Waals surface area contributed by atoms with Gasteiger partial charge in [-0.1, -0.05) is 158 Å². The molecule has 10 aromatic carbocycles. The molecule has 0 radical (unpaired) electrons. The van der Waals surface area contributed by atoms with Crippen molar-refractivity contribution in [1.29, 1.82) is 0 Å². The number of aryl methyl sites for hydroxylation is 1. The van der Waals surface area contributed by atoms with Crippen LogP contribution in [0.1, 0.15) is 5.56 Å². The molecular weight excluding hydrogens is 891 g/mol. The fraction of sp³-hybridized carbons (Fsp3) is 0.0152. The molecule has 0 atom stereocenters. The third-order valence-electron chi connectivity index (χ3n) is 13.9.